The summed E-state index contributed by atoms with van der Waals surface area (Å²) in [5.74, 6) is -0.317. The summed E-state index contributed by atoms with van der Waals surface area (Å²) in [5.41, 5.74) is 4.22. The van der Waals surface area contributed by atoms with Crippen molar-refractivity contribution in [2.75, 3.05) is 11.0 Å². The van der Waals surface area contributed by atoms with Crippen LogP contribution >= 0.6 is 0 Å². The Bertz CT molecular complexity index is 1680. The van der Waals surface area contributed by atoms with Crippen molar-refractivity contribution >= 4 is 37.6 Å². The van der Waals surface area contributed by atoms with Crippen molar-refractivity contribution in [2.45, 2.75) is 6.54 Å². The van der Waals surface area contributed by atoms with E-state index in [1.807, 2.05) is 22.9 Å². The van der Waals surface area contributed by atoms with E-state index in [0.717, 1.165) is 28.3 Å². The summed E-state index contributed by atoms with van der Waals surface area (Å²) in [6.07, 6.45) is 6.13. The highest BCUT2D eigenvalue weighted by molar-refractivity contribution is 7.92. The minimum atomic E-state index is -3.57. The van der Waals surface area contributed by atoms with Gasteiger partial charge in [-0.1, -0.05) is 12.1 Å². The van der Waals surface area contributed by atoms with Crippen molar-refractivity contribution in [3.05, 3.63) is 82.9 Å². The first-order valence-electron chi connectivity index (χ1n) is 10.1. The summed E-state index contributed by atoms with van der Waals surface area (Å²) in [5, 5.41) is 0.746. The third kappa shape index (κ3) is 3.89. The Morgan fingerprint density at radius 3 is 2.64 bits per heavy atom. The maximum Gasteiger partial charge on any atom is 0.272 e. The maximum atomic E-state index is 13.3. The van der Waals surface area contributed by atoms with Gasteiger partial charge in [0.2, 0.25) is 10.0 Å². The van der Waals surface area contributed by atoms with Crippen molar-refractivity contribution in [2.24, 2.45) is 7.05 Å². The molecule has 0 atom stereocenters. The fourth-order valence-electron chi connectivity index (χ4n) is 4.10. The van der Waals surface area contributed by atoms with E-state index in [2.05, 4.69) is 14.7 Å². The molecule has 5 rings (SSSR count). The standard InChI is InChI=1S/C23H20FN5O3S/c1-28-12-18(17-7-8-25-23(30)22(17)28)15-9-19(27-33(2,31)32)21-20(10-15)29(13-26-21)11-14-3-5-16(24)6-4-14/h3-10,12-13,27H,11H2,1-2H3,(H,25,30). The zero-order chi connectivity index (χ0) is 23.3. The third-order valence-corrected chi connectivity index (χ3v) is 6.09. The number of H-pyrrole nitrogens is 1. The summed E-state index contributed by atoms with van der Waals surface area (Å²) < 4.78 is 43.6. The van der Waals surface area contributed by atoms with Crippen LogP contribution in [0.3, 0.4) is 0 Å². The number of benzene rings is 2. The second-order valence-corrected chi connectivity index (χ2v) is 9.74. The molecule has 3 aromatic heterocycles. The predicted octanol–water partition coefficient (Wildman–Crippen LogP) is 3.44. The van der Waals surface area contributed by atoms with Crippen LogP contribution in [-0.2, 0) is 23.6 Å². The lowest BCUT2D eigenvalue weighted by Gasteiger charge is -2.10. The first-order valence-corrected chi connectivity index (χ1v) is 12.0. The van der Waals surface area contributed by atoms with E-state index in [0.29, 0.717) is 28.8 Å². The Hall–Kier alpha value is -3.92. The van der Waals surface area contributed by atoms with Gasteiger partial charge in [-0.25, -0.2) is 17.8 Å². The summed E-state index contributed by atoms with van der Waals surface area (Å²) in [6.45, 7) is 0.424. The van der Waals surface area contributed by atoms with Crippen LogP contribution in [0, 0.1) is 5.82 Å². The molecule has 0 amide bonds. The number of halogens is 1. The van der Waals surface area contributed by atoms with Crippen molar-refractivity contribution < 1.29 is 12.8 Å². The average Bonchev–Trinajstić information content (AvgIpc) is 3.31. The molecule has 33 heavy (non-hydrogen) atoms. The minimum Gasteiger partial charge on any atom is -0.345 e. The van der Waals surface area contributed by atoms with E-state index in [9.17, 15) is 17.6 Å². The van der Waals surface area contributed by atoms with Gasteiger partial charge in [-0.05, 0) is 41.5 Å². The van der Waals surface area contributed by atoms with Crippen molar-refractivity contribution in [1.82, 2.24) is 19.1 Å². The van der Waals surface area contributed by atoms with Crippen LogP contribution in [0.15, 0.2) is 66.0 Å². The molecular formula is C23H20FN5O3S. The number of hydrogen-bond acceptors (Lipinski definition) is 4. The molecule has 0 saturated carbocycles. The lowest BCUT2D eigenvalue weighted by molar-refractivity contribution is 0.607. The van der Waals surface area contributed by atoms with Crippen LogP contribution < -0.4 is 10.3 Å². The fraction of sp³-hybridized carbons (Fsp3) is 0.130. The molecule has 0 aliphatic carbocycles. The van der Waals surface area contributed by atoms with E-state index in [1.165, 1.54) is 12.1 Å². The Kier molecular flexibility index (Phi) is 4.82. The molecule has 168 valence electrons. The first-order chi connectivity index (χ1) is 15.7. The van der Waals surface area contributed by atoms with Crippen molar-refractivity contribution in [3.63, 3.8) is 0 Å². The summed E-state index contributed by atoms with van der Waals surface area (Å²) >= 11 is 0. The Morgan fingerprint density at radius 2 is 1.91 bits per heavy atom. The molecule has 0 spiro atoms. The summed E-state index contributed by atoms with van der Waals surface area (Å²) in [6, 6.07) is 11.6. The summed E-state index contributed by atoms with van der Waals surface area (Å²) in [7, 11) is -1.78. The number of sulfonamides is 1. The van der Waals surface area contributed by atoms with Gasteiger partial charge in [0, 0.05) is 36.9 Å². The van der Waals surface area contributed by atoms with Gasteiger partial charge in [0.1, 0.15) is 16.9 Å². The SMILES string of the molecule is Cn1cc(-c2cc(NS(C)(=O)=O)c3ncn(Cc4ccc(F)cc4)c3c2)c2cc[nH]c(=O)c21. The molecule has 0 bridgehead atoms. The van der Waals surface area contributed by atoms with Crippen LogP contribution in [0.1, 0.15) is 5.56 Å². The topological polar surface area (TPSA) is 102 Å². The average molecular weight is 466 g/mol. The monoisotopic (exact) mass is 465 g/mol. The molecule has 5 aromatic rings. The molecule has 0 aliphatic heterocycles. The number of imidazole rings is 1. The quantitative estimate of drug-likeness (QED) is 0.415. The van der Waals surface area contributed by atoms with Gasteiger partial charge < -0.3 is 14.1 Å². The van der Waals surface area contributed by atoms with Gasteiger partial charge >= 0.3 is 0 Å². The number of rotatable bonds is 5. The molecule has 2 aromatic carbocycles. The van der Waals surface area contributed by atoms with Crippen molar-refractivity contribution in [3.8, 4) is 11.1 Å². The van der Waals surface area contributed by atoms with Gasteiger partial charge in [-0.15, -0.1) is 0 Å². The van der Waals surface area contributed by atoms with E-state index >= 15 is 0 Å². The number of aromatic nitrogens is 4. The number of aryl methyl sites for hydroxylation is 1. The fourth-order valence-corrected chi connectivity index (χ4v) is 4.66. The van der Waals surface area contributed by atoms with Crippen LogP contribution in [0.2, 0.25) is 0 Å². The highest BCUT2D eigenvalue weighted by atomic mass is 32.2. The molecule has 0 saturated heterocycles. The molecule has 0 radical (unpaired) electrons. The van der Waals surface area contributed by atoms with Gasteiger partial charge in [-0.3, -0.25) is 9.52 Å². The van der Waals surface area contributed by atoms with Gasteiger partial charge in [0.05, 0.1) is 23.8 Å². The van der Waals surface area contributed by atoms with Crippen LogP contribution in [0.5, 0.6) is 0 Å². The molecule has 3 heterocycles. The molecule has 10 heteroatoms. The largest absolute Gasteiger partial charge is 0.345 e. The van der Waals surface area contributed by atoms with Crippen molar-refractivity contribution in [1.29, 1.82) is 0 Å². The Labute approximate surface area is 188 Å². The number of anilines is 1. The van der Waals surface area contributed by atoms with E-state index < -0.39 is 10.0 Å². The molecular weight excluding hydrogens is 445 g/mol. The van der Waals surface area contributed by atoms with Crippen LogP contribution in [0.25, 0.3) is 33.1 Å². The second kappa shape index (κ2) is 7.59. The molecule has 0 aliphatic rings. The third-order valence-electron chi connectivity index (χ3n) is 5.50. The van der Waals surface area contributed by atoms with Crippen LogP contribution in [0.4, 0.5) is 10.1 Å². The van der Waals surface area contributed by atoms with Gasteiger partial charge in [0.25, 0.3) is 5.56 Å². The predicted molar refractivity (Wildman–Crippen MR) is 126 cm³/mol. The first kappa shape index (κ1) is 21.0. The minimum absolute atomic E-state index is 0.210. The van der Waals surface area contributed by atoms with E-state index in [4.69, 9.17) is 0 Å². The lowest BCUT2D eigenvalue weighted by atomic mass is 10.0. The number of aromatic amines is 1. The number of hydrogen-bond donors (Lipinski definition) is 2. The molecule has 0 fully saturated rings. The lowest BCUT2D eigenvalue weighted by Crippen LogP contribution is -2.10. The zero-order valence-corrected chi connectivity index (χ0v) is 18.6. The molecule has 0 unspecified atom stereocenters. The Morgan fingerprint density at radius 1 is 1.15 bits per heavy atom. The number of nitrogens with one attached hydrogen (secondary N) is 2. The highest BCUT2D eigenvalue weighted by Crippen LogP contribution is 2.35. The Balaban J connectivity index is 1.73. The van der Waals surface area contributed by atoms with Crippen LogP contribution in [-0.4, -0.2) is 33.8 Å². The van der Waals surface area contributed by atoms with E-state index in [1.54, 1.807) is 42.3 Å². The van der Waals surface area contributed by atoms with Gasteiger partial charge in [-0.2, -0.15) is 0 Å². The number of nitrogens with zero attached hydrogens (tertiary/aromatic N) is 3. The number of fused-ring (bicyclic) bond motifs is 2. The van der Waals surface area contributed by atoms with E-state index in [-0.39, 0.29) is 11.4 Å². The van der Waals surface area contributed by atoms with Gasteiger partial charge in [0.15, 0.2) is 0 Å². The molecule has 2 N–H and O–H groups in total. The smallest absolute Gasteiger partial charge is 0.272 e. The maximum absolute atomic E-state index is 13.3. The highest BCUT2D eigenvalue weighted by Gasteiger charge is 2.17. The molecule has 8 nitrogen and oxygen atoms in total. The zero-order valence-electron chi connectivity index (χ0n) is 17.8. The number of pyridine rings is 1. The normalized spacial score (nSPS) is 12.0. The summed E-state index contributed by atoms with van der Waals surface area (Å²) in [4.78, 5) is 19.5. The second-order valence-electron chi connectivity index (χ2n) is 7.99.